The highest BCUT2D eigenvalue weighted by Gasteiger charge is 2.19. The molecule has 26 heavy (non-hydrogen) atoms. The molecule has 1 heterocycles. The van der Waals surface area contributed by atoms with Crippen molar-refractivity contribution < 1.29 is 19.0 Å². The van der Waals surface area contributed by atoms with Crippen molar-refractivity contribution in [2.24, 2.45) is 0 Å². The topological polar surface area (TPSA) is 69.7 Å². The average molecular weight is 358 g/mol. The number of pyridine rings is 1. The first-order valence-corrected chi connectivity index (χ1v) is 8.44. The Morgan fingerprint density at radius 2 is 1.88 bits per heavy atom. The van der Waals surface area contributed by atoms with Crippen LogP contribution in [-0.4, -0.2) is 23.8 Å². The summed E-state index contributed by atoms with van der Waals surface area (Å²) in [5.41, 5.74) is 2.11. The highest BCUT2D eigenvalue weighted by molar-refractivity contribution is 5.68. The average Bonchev–Trinajstić information content (AvgIpc) is 2.53. The summed E-state index contributed by atoms with van der Waals surface area (Å²) in [4.78, 5) is 16.3. The zero-order chi connectivity index (χ0) is 19.3. The van der Waals surface area contributed by atoms with E-state index in [4.69, 9.17) is 14.2 Å². The Morgan fingerprint density at radius 3 is 2.50 bits per heavy atom. The van der Waals surface area contributed by atoms with Gasteiger partial charge in [-0.1, -0.05) is 12.1 Å². The summed E-state index contributed by atoms with van der Waals surface area (Å²) < 4.78 is 16.7. The first kappa shape index (κ1) is 19.6. The third-order valence-electron chi connectivity index (χ3n) is 3.55. The molecule has 0 atom stereocenters. The second kappa shape index (κ2) is 8.08. The second-order valence-corrected chi connectivity index (χ2v) is 6.97. The maximum absolute atomic E-state index is 11.9. The SMILES string of the molecule is COc1c(Oc2cccc(C)n2)ccc(C)c1CNC(=O)OC(C)(C)C. The highest BCUT2D eigenvalue weighted by Crippen LogP contribution is 2.36. The van der Waals surface area contributed by atoms with E-state index in [1.165, 1.54) is 0 Å². The summed E-state index contributed by atoms with van der Waals surface area (Å²) in [6.07, 6.45) is -0.481. The quantitative estimate of drug-likeness (QED) is 0.851. The molecule has 2 rings (SSSR count). The van der Waals surface area contributed by atoms with Crippen LogP contribution in [0.2, 0.25) is 0 Å². The number of hydrogen-bond donors (Lipinski definition) is 1. The Bertz CT molecular complexity index is 782. The first-order chi connectivity index (χ1) is 12.2. The van der Waals surface area contributed by atoms with E-state index >= 15 is 0 Å². The van der Waals surface area contributed by atoms with Gasteiger partial charge in [-0.2, -0.15) is 0 Å². The second-order valence-electron chi connectivity index (χ2n) is 6.97. The summed E-state index contributed by atoms with van der Waals surface area (Å²) >= 11 is 0. The largest absolute Gasteiger partial charge is 0.492 e. The fraction of sp³-hybridized carbons (Fsp3) is 0.400. The van der Waals surface area contributed by atoms with E-state index in [-0.39, 0.29) is 6.54 Å². The van der Waals surface area contributed by atoms with E-state index in [9.17, 15) is 4.79 Å². The lowest BCUT2D eigenvalue weighted by molar-refractivity contribution is 0.0523. The number of benzene rings is 1. The Balaban J connectivity index is 2.22. The lowest BCUT2D eigenvalue weighted by atomic mass is 10.1. The van der Waals surface area contributed by atoms with E-state index in [1.807, 2.05) is 58.9 Å². The van der Waals surface area contributed by atoms with Crippen LogP contribution in [0.1, 0.15) is 37.6 Å². The van der Waals surface area contributed by atoms with Gasteiger partial charge in [0.1, 0.15) is 5.60 Å². The van der Waals surface area contributed by atoms with Crippen LogP contribution in [0.15, 0.2) is 30.3 Å². The minimum absolute atomic E-state index is 0.266. The van der Waals surface area contributed by atoms with Gasteiger partial charge < -0.3 is 19.5 Å². The van der Waals surface area contributed by atoms with Crippen molar-refractivity contribution in [2.45, 2.75) is 46.8 Å². The molecule has 1 aromatic carbocycles. The molecule has 1 amide bonds. The summed E-state index contributed by atoms with van der Waals surface area (Å²) in [5.74, 6) is 1.58. The Morgan fingerprint density at radius 1 is 1.15 bits per heavy atom. The lowest BCUT2D eigenvalue weighted by Crippen LogP contribution is -2.32. The predicted molar refractivity (Wildman–Crippen MR) is 99.9 cm³/mol. The third kappa shape index (κ3) is 5.37. The van der Waals surface area contributed by atoms with E-state index in [2.05, 4.69) is 10.3 Å². The molecule has 2 aromatic rings. The number of nitrogens with one attached hydrogen (secondary N) is 1. The molecule has 0 aliphatic heterocycles. The van der Waals surface area contributed by atoms with Gasteiger partial charge in [0.15, 0.2) is 11.5 Å². The van der Waals surface area contributed by atoms with Crippen LogP contribution in [0, 0.1) is 13.8 Å². The minimum atomic E-state index is -0.551. The standard InChI is InChI=1S/C20H26N2O4/c1-13-10-11-16(25-17-9-7-8-14(2)22-17)18(24-6)15(13)12-21-19(23)26-20(3,4)5/h7-11H,12H2,1-6H3,(H,21,23). The molecule has 0 spiro atoms. The van der Waals surface area contributed by atoms with Gasteiger partial charge in [-0.05, 0) is 52.3 Å². The van der Waals surface area contributed by atoms with E-state index in [0.29, 0.717) is 17.4 Å². The normalized spacial score (nSPS) is 11.0. The fourth-order valence-corrected chi connectivity index (χ4v) is 2.39. The van der Waals surface area contributed by atoms with Gasteiger partial charge >= 0.3 is 6.09 Å². The molecular formula is C20H26N2O4. The molecule has 1 aromatic heterocycles. The Kier molecular flexibility index (Phi) is 6.08. The number of nitrogens with zero attached hydrogens (tertiary/aromatic N) is 1. The highest BCUT2D eigenvalue weighted by atomic mass is 16.6. The maximum atomic E-state index is 11.9. The van der Waals surface area contributed by atoms with Crippen LogP contribution >= 0.6 is 0 Å². The summed E-state index contributed by atoms with van der Waals surface area (Å²) in [7, 11) is 1.57. The zero-order valence-electron chi connectivity index (χ0n) is 16.2. The van der Waals surface area contributed by atoms with Crippen LogP contribution in [0.5, 0.6) is 17.4 Å². The van der Waals surface area contributed by atoms with Crippen molar-refractivity contribution in [3.8, 4) is 17.4 Å². The number of methoxy groups -OCH3 is 1. The minimum Gasteiger partial charge on any atom is -0.492 e. The Labute approximate surface area is 154 Å². The summed E-state index contributed by atoms with van der Waals surface area (Å²) in [6, 6.07) is 9.30. The lowest BCUT2D eigenvalue weighted by Gasteiger charge is -2.21. The summed E-state index contributed by atoms with van der Waals surface area (Å²) in [6.45, 7) is 9.58. The van der Waals surface area contributed by atoms with Gasteiger partial charge in [-0.25, -0.2) is 9.78 Å². The van der Waals surface area contributed by atoms with Crippen molar-refractivity contribution in [3.63, 3.8) is 0 Å². The number of carbonyl (C=O) groups excluding carboxylic acids is 1. The Hall–Kier alpha value is -2.76. The van der Waals surface area contributed by atoms with Crippen LogP contribution in [0.4, 0.5) is 4.79 Å². The van der Waals surface area contributed by atoms with Gasteiger partial charge in [0.05, 0.1) is 13.7 Å². The maximum Gasteiger partial charge on any atom is 0.407 e. The smallest absolute Gasteiger partial charge is 0.407 e. The van der Waals surface area contributed by atoms with Crippen LogP contribution in [0.25, 0.3) is 0 Å². The predicted octanol–water partition coefficient (Wildman–Crippen LogP) is 4.52. The summed E-state index contributed by atoms with van der Waals surface area (Å²) in [5, 5.41) is 2.76. The van der Waals surface area contributed by atoms with Gasteiger partial charge in [-0.15, -0.1) is 0 Å². The molecule has 0 aliphatic rings. The molecule has 0 saturated carbocycles. The monoisotopic (exact) mass is 358 g/mol. The van der Waals surface area contributed by atoms with Crippen molar-refractivity contribution >= 4 is 6.09 Å². The molecule has 1 N–H and O–H groups in total. The molecule has 6 nitrogen and oxygen atoms in total. The number of alkyl carbamates (subject to hydrolysis) is 1. The van der Waals surface area contributed by atoms with Crippen LogP contribution in [-0.2, 0) is 11.3 Å². The number of carbonyl (C=O) groups is 1. The number of rotatable bonds is 5. The molecule has 0 aliphatic carbocycles. The number of ether oxygens (including phenoxy) is 3. The molecule has 0 saturated heterocycles. The van der Waals surface area contributed by atoms with Crippen LogP contribution < -0.4 is 14.8 Å². The van der Waals surface area contributed by atoms with Crippen LogP contribution in [0.3, 0.4) is 0 Å². The number of hydrogen-bond acceptors (Lipinski definition) is 5. The molecule has 140 valence electrons. The van der Waals surface area contributed by atoms with E-state index < -0.39 is 11.7 Å². The number of amides is 1. The van der Waals surface area contributed by atoms with Crippen molar-refractivity contribution in [3.05, 3.63) is 47.2 Å². The zero-order valence-corrected chi connectivity index (χ0v) is 16.2. The van der Waals surface area contributed by atoms with Gasteiger partial charge in [-0.3, -0.25) is 0 Å². The third-order valence-corrected chi connectivity index (χ3v) is 3.55. The molecule has 0 radical (unpaired) electrons. The van der Waals surface area contributed by atoms with E-state index in [0.717, 1.165) is 16.8 Å². The van der Waals surface area contributed by atoms with Crippen molar-refractivity contribution in [2.75, 3.05) is 7.11 Å². The first-order valence-electron chi connectivity index (χ1n) is 8.44. The molecule has 6 heteroatoms. The van der Waals surface area contributed by atoms with Gasteiger partial charge in [0, 0.05) is 17.3 Å². The number of aromatic nitrogens is 1. The van der Waals surface area contributed by atoms with Gasteiger partial charge in [0.2, 0.25) is 5.88 Å². The molecular weight excluding hydrogens is 332 g/mol. The van der Waals surface area contributed by atoms with Crippen molar-refractivity contribution in [1.82, 2.24) is 10.3 Å². The van der Waals surface area contributed by atoms with Crippen molar-refractivity contribution in [1.29, 1.82) is 0 Å². The van der Waals surface area contributed by atoms with E-state index in [1.54, 1.807) is 13.2 Å². The number of aryl methyl sites for hydroxylation is 2. The molecule has 0 bridgehead atoms. The fourth-order valence-electron chi connectivity index (χ4n) is 2.39. The molecule has 0 fully saturated rings. The molecule has 0 unspecified atom stereocenters. The van der Waals surface area contributed by atoms with Gasteiger partial charge in [0.25, 0.3) is 0 Å².